The predicted octanol–water partition coefficient (Wildman–Crippen LogP) is 2.18. The Kier molecular flexibility index (Phi) is 3.58. The van der Waals surface area contributed by atoms with Crippen LogP contribution in [0.25, 0.3) is 5.82 Å². The van der Waals surface area contributed by atoms with Crippen molar-refractivity contribution in [3.05, 3.63) is 40.0 Å². The lowest BCUT2D eigenvalue weighted by Gasteiger charge is -2.07. The van der Waals surface area contributed by atoms with Crippen molar-refractivity contribution in [2.45, 2.75) is 6.42 Å². The zero-order valence-electron chi connectivity index (χ0n) is 8.40. The molecule has 0 aliphatic carbocycles. The van der Waals surface area contributed by atoms with E-state index in [9.17, 15) is 0 Å². The standard InChI is InChI=1S/C10H10BrClN4/c11-7-5-8(12)10(15-6-7)16-4-3-14-9(16)1-2-13/h3-6H,1-2,13H2. The summed E-state index contributed by atoms with van der Waals surface area (Å²) >= 11 is 9.44. The van der Waals surface area contributed by atoms with Gasteiger partial charge >= 0.3 is 0 Å². The van der Waals surface area contributed by atoms with Crippen LogP contribution in [0.15, 0.2) is 29.1 Å². The fraction of sp³-hybridized carbons (Fsp3) is 0.200. The van der Waals surface area contributed by atoms with Crippen LogP contribution < -0.4 is 5.73 Å². The lowest BCUT2D eigenvalue weighted by Crippen LogP contribution is -2.09. The summed E-state index contributed by atoms with van der Waals surface area (Å²) in [4.78, 5) is 8.48. The van der Waals surface area contributed by atoms with E-state index in [1.165, 1.54) is 0 Å². The summed E-state index contributed by atoms with van der Waals surface area (Å²) in [5.74, 6) is 1.53. The monoisotopic (exact) mass is 300 g/mol. The third-order valence-electron chi connectivity index (χ3n) is 2.10. The van der Waals surface area contributed by atoms with Crippen LogP contribution in [-0.4, -0.2) is 21.1 Å². The van der Waals surface area contributed by atoms with Gasteiger partial charge in [0.15, 0.2) is 5.82 Å². The Bertz CT molecular complexity index is 497. The molecule has 2 aromatic heterocycles. The molecule has 16 heavy (non-hydrogen) atoms. The Morgan fingerprint density at radius 1 is 1.44 bits per heavy atom. The van der Waals surface area contributed by atoms with Crippen LogP contribution in [0.4, 0.5) is 0 Å². The van der Waals surface area contributed by atoms with Crippen LogP contribution >= 0.6 is 27.5 Å². The third kappa shape index (κ3) is 2.26. The maximum absolute atomic E-state index is 6.12. The van der Waals surface area contributed by atoms with E-state index in [-0.39, 0.29) is 0 Å². The van der Waals surface area contributed by atoms with Crippen molar-refractivity contribution in [1.82, 2.24) is 14.5 Å². The molecule has 0 atom stereocenters. The molecule has 0 aliphatic rings. The second kappa shape index (κ2) is 4.95. The smallest absolute Gasteiger partial charge is 0.156 e. The van der Waals surface area contributed by atoms with Gasteiger partial charge in [-0.1, -0.05) is 11.6 Å². The fourth-order valence-electron chi connectivity index (χ4n) is 1.43. The van der Waals surface area contributed by atoms with E-state index in [0.29, 0.717) is 23.8 Å². The van der Waals surface area contributed by atoms with Crippen molar-refractivity contribution in [3.63, 3.8) is 0 Å². The van der Waals surface area contributed by atoms with Gasteiger partial charge in [0.05, 0.1) is 5.02 Å². The molecule has 0 radical (unpaired) electrons. The average Bonchev–Trinajstić information content (AvgIpc) is 2.67. The minimum absolute atomic E-state index is 0.547. The molecule has 2 rings (SSSR count). The van der Waals surface area contributed by atoms with Crippen LogP contribution in [-0.2, 0) is 6.42 Å². The van der Waals surface area contributed by atoms with E-state index < -0.39 is 0 Å². The lowest BCUT2D eigenvalue weighted by molar-refractivity contribution is 0.823. The number of rotatable bonds is 3. The topological polar surface area (TPSA) is 56.7 Å². The number of halogens is 2. The molecule has 2 N–H and O–H groups in total. The first-order valence-electron chi connectivity index (χ1n) is 4.76. The molecule has 0 aromatic carbocycles. The number of aromatic nitrogens is 3. The minimum atomic E-state index is 0.547. The maximum Gasteiger partial charge on any atom is 0.156 e. The van der Waals surface area contributed by atoms with Crippen molar-refractivity contribution in [3.8, 4) is 5.82 Å². The normalized spacial score (nSPS) is 10.7. The van der Waals surface area contributed by atoms with Gasteiger partial charge in [-0.15, -0.1) is 0 Å². The second-order valence-electron chi connectivity index (χ2n) is 3.21. The SMILES string of the molecule is NCCc1nccn1-c1ncc(Br)cc1Cl. The van der Waals surface area contributed by atoms with Gasteiger partial charge in [0.1, 0.15) is 5.82 Å². The predicted molar refractivity (Wildman–Crippen MR) is 66.8 cm³/mol. The molecule has 0 fully saturated rings. The molecule has 84 valence electrons. The van der Waals surface area contributed by atoms with Gasteiger partial charge in [-0.3, -0.25) is 4.57 Å². The molecule has 0 spiro atoms. The molecular formula is C10H10BrClN4. The Hall–Kier alpha value is -0.910. The van der Waals surface area contributed by atoms with Gasteiger partial charge < -0.3 is 5.73 Å². The Morgan fingerprint density at radius 2 is 2.25 bits per heavy atom. The first kappa shape index (κ1) is 11.6. The van der Waals surface area contributed by atoms with Crippen molar-refractivity contribution < 1.29 is 0 Å². The summed E-state index contributed by atoms with van der Waals surface area (Å²) in [6.07, 6.45) is 5.94. The van der Waals surface area contributed by atoms with Gasteiger partial charge in [-0.2, -0.15) is 0 Å². The maximum atomic E-state index is 6.12. The fourth-order valence-corrected chi connectivity index (χ4v) is 2.15. The van der Waals surface area contributed by atoms with Gasteiger partial charge in [-0.05, 0) is 28.5 Å². The summed E-state index contributed by atoms with van der Waals surface area (Å²) in [6, 6.07) is 1.80. The molecule has 0 saturated heterocycles. The van der Waals surface area contributed by atoms with Crippen LogP contribution in [0.2, 0.25) is 5.02 Å². The third-order valence-corrected chi connectivity index (χ3v) is 2.81. The van der Waals surface area contributed by atoms with Crippen molar-refractivity contribution >= 4 is 27.5 Å². The van der Waals surface area contributed by atoms with Crippen molar-refractivity contribution in [2.24, 2.45) is 5.73 Å². The quantitative estimate of drug-likeness (QED) is 0.945. The summed E-state index contributed by atoms with van der Waals surface area (Å²) < 4.78 is 2.70. The molecule has 0 unspecified atom stereocenters. The van der Waals surface area contributed by atoms with E-state index >= 15 is 0 Å². The van der Waals surface area contributed by atoms with E-state index in [0.717, 1.165) is 10.3 Å². The Balaban J connectivity index is 2.46. The summed E-state index contributed by atoms with van der Waals surface area (Å²) in [5, 5.41) is 0.575. The second-order valence-corrected chi connectivity index (χ2v) is 4.53. The van der Waals surface area contributed by atoms with E-state index in [2.05, 4.69) is 25.9 Å². The molecule has 2 heterocycles. The van der Waals surface area contributed by atoms with Crippen LogP contribution in [0.5, 0.6) is 0 Å². The van der Waals surface area contributed by atoms with E-state index in [1.807, 2.05) is 10.8 Å². The highest BCUT2D eigenvalue weighted by atomic mass is 79.9. The van der Waals surface area contributed by atoms with Gasteiger partial charge in [0.25, 0.3) is 0 Å². The van der Waals surface area contributed by atoms with Gasteiger partial charge in [0, 0.05) is 29.5 Å². The van der Waals surface area contributed by atoms with Gasteiger partial charge in [0.2, 0.25) is 0 Å². The molecular weight excluding hydrogens is 291 g/mol. The highest BCUT2D eigenvalue weighted by molar-refractivity contribution is 9.10. The molecule has 0 aliphatic heterocycles. The molecule has 2 aromatic rings. The number of hydrogen-bond donors (Lipinski definition) is 1. The molecule has 6 heteroatoms. The van der Waals surface area contributed by atoms with Crippen molar-refractivity contribution in [2.75, 3.05) is 6.54 Å². The van der Waals surface area contributed by atoms with Crippen LogP contribution in [0.3, 0.4) is 0 Å². The highest BCUT2D eigenvalue weighted by Crippen LogP contribution is 2.22. The van der Waals surface area contributed by atoms with Crippen LogP contribution in [0, 0.1) is 0 Å². The summed E-state index contributed by atoms with van der Waals surface area (Å²) in [5.41, 5.74) is 5.51. The summed E-state index contributed by atoms with van der Waals surface area (Å²) in [6.45, 7) is 0.547. The number of nitrogens with two attached hydrogens (primary N) is 1. The largest absolute Gasteiger partial charge is 0.330 e. The first-order valence-corrected chi connectivity index (χ1v) is 5.93. The molecule has 0 amide bonds. The molecule has 0 bridgehead atoms. The zero-order valence-corrected chi connectivity index (χ0v) is 10.7. The number of pyridine rings is 1. The highest BCUT2D eigenvalue weighted by Gasteiger charge is 2.09. The van der Waals surface area contributed by atoms with Crippen LogP contribution in [0.1, 0.15) is 5.82 Å². The Morgan fingerprint density at radius 3 is 2.94 bits per heavy atom. The van der Waals surface area contributed by atoms with Crippen molar-refractivity contribution in [1.29, 1.82) is 0 Å². The molecule has 0 saturated carbocycles. The number of nitrogens with zero attached hydrogens (tertiary/aromatic N) is 3. The average molecular weight is 302 g/mol. The summed E-state index contributed by atoms with van der Waals surface area (Å²) in [7, 11) is 0. The van der Waals surface area contributed by atoms with E-state index in [4.69, 9.17) is 17.3 Å². The lowest BCUT2D eigenvalue weighted by atomic mass is 10.4. The Labute approximate surface area is 107 Å². The number of imidazole rings is 1. The zero-order chi connectivity index (χ0) is 11.5. The first-order chi connectivity index (χ1) is 7.72. The number of hydrogen-bond acceptors (Lipinski definition) is 3. The van der Waals surface area contributed by atoms with Gasteiger partial charge in [-0.25, -0.2) is 9.97 Å². The minimum Gasteiger partial charge on any atom is -0.330 e. The van der Waals surface area contributed by atoms with E-state index in [1.54, 1.807) is 18.5 Å². The molecule has 4 nitrogen and oxygen atoms in total.